The lowest BCUT2D eigenvalue weighted by molar-refractivity contribution is 0.254. The van der Waals surface area contributed by atoms with Crippen molar-refractivity contribution >= 4 is 29.2 Å². The van der Waals surface area contributed by atoms with Gasteiger partial charge in [-0.05, 0) is 49.2 Å². The molecule has 2 amide bonds. The molecular weight excluding hydrogens is 440 g/mol. The Morgan fingerprint density at radius 3 is 2.71 bits per heavy atom. The van der Waals surface area contributed by atoms with Crippen molar-refractivity contribution in [2.45, 2.75) is 25.1 Å². The molecule has 0 spiro atoms. The topological polar surface area (TPSA) is 77.5 Å². The van der Waals surface area contributed by atoms with E-state index < -0.39 is 12.0 Å². The van der Waals surface area contributed by atoms with Crippen LogP contribution in [0.1, 0.15) is 12.8 Å². The summed E-state index contributed by atoms with van der Waals surface area (Å²) in [6.45, 7) is 2.56. The van der Waals surface area contributed by atoms with Crippen LogP contribution in [0.5, 0.6) is 0 Å². The van der Waals surface area contributed by atoms with E-state index >= 15 is 0 Å². The van der Waals surface area contributed by atoms with Gasteiger partial charge < -0.3 is 9.80 Å². The molecule has 0 aliphatic carbocycles. The third-order valence-electron chi connectivity index (χ3n) is 6.63. The first-order chi connectivity index (χ1) is 16.5. The van der Waals surface area contributed by atoms with Crippen LogP contribution in [0.15, 0.2) is 48.8 Å². The van der Waals surface area contributed by atoms with Gasteiger partial charge in [-0.1, -0.05) is 0 Å². The van der Waals surface area contributed by atoms with Crippen molar-refractivity contribution in [3.63, 3.8) is 0 Å². The fourth-order valence-corrected chi connectivity index (χ4v) is 4.93. The lowest BCUT2D eigenvalue weighted by Crippen LogP contribution is -2.48. The summed E-state index contributed by atoms with van der Waals surface area (Å²) < 4.78 is 26.9. The van der Waals surface area contributed by atoms with Crippen molar-refractivity contribution in [1.29, 1.82) is 0 Å². The van der Waals surface area contributed by atoms with Crippen molar-refractivity contribution in [1.82, 2.24) is 15.0 Å². The number of pyridine rings is 3. The number of amides is 2. The summed E-state index contributed by atoms with van der Waals surface area (Å²) in [5, 5.41) is 2.77. The number of alkyl halides is 1. The Morgan fingerprint density at radius 2 is 1.91 bits per heavy atom. The molecule has 2 fully saturated rings. The van der Waals surface area contributed by atoms with Crippen LogP contribution in [0.2, 0.25) is 0 Å². The van der Waals surface area contributed by atoms with Crippen LogP contribution in [0.25, 0.3) is 11.3 Å². The number of hydrogen-bond donors (Lipinski definition) is 1. The SMILES string of the molecule is O=C(Nc1ccc(F)cn1)N1c2nc(-c3ccnc(N4CC[C@@H](F)C4)c3)ccc2N2CC[C@H]1C2. The minimum Gasteiger partial charge on any atom is -0.366 e. The zero-order valence-corrected chi connectivity index (χ0v) is 18.4. The van der Waals surface area contributed by atoms with Gasteiger partial charge >= 0.3 is 6.03 Å². The molecule has 34 heavy (non-hydrogen) atoms. The van der Waals surface area contributed by atoms with Crippen LogP contribution in [0.4, 0.5) is 36.7 Å². The van der Waals surface area contributed by atoms with Gasteiger partial charge in [0.25, 0.3) is 0 Å². The molecule has 3 aromatic rings. The molecule has 1 N–H and O–H groups in total. The quantitative estimate of drug-likeness (QED) is 0.636. The van der Waals surface area contributed by atoms with E-state index in [2.05, 4.69) is 20.2 Å². The molecule has 3 aliphatic heterocycles. The first-order valence-electron chi connectivity index (χ1n) is 11.4. The largest absolute Gasteiger partial charge is 0.366 e. The summed E-state index contributed by atoms with van der Waals surface area (Å²) in [5.74, 6) is 1.11. The highest BCUT2D eigenvalue weighted by Crippen LogP contribution is 2.40. The highest BCUT2D eigenvalue weighted by atomic mass is 19.1. The minimum atomic E-state index is -0.834. The Labute approximate surface area is 195 Å². The molecule has 0 unspecified atom stereocenters. The molecule has 6 heterocycles. The molecule has 10 heteroatoms. The number of nitrogens with one attached hydrogen (secondary N) is 1. The molecule has 2 saturated heterocycles. The smallest absolute Gasteiger partial charge is 0.329 e. The second-order valence-corrected chi connectivity index (χ2v) is 8.82. The van der Waals surface area contributed by atoms with E-state index in [4.69, 9.17) is 4.98 Å². The van der Waals surface area contributed by atoms with E-state index in [1.165, 1.54) is 12.1 Å². The number of carbonyl (C=O) groups is 1. The highest BCUT2D eigenvalue weighted by Gasteiger charge is 2.40. The number of aromatic nitrogens is 3. The van der Waals surface area contributed by atoms with E-state index in [1.807, 2.05) is 29.2 Å². The number of nitrogens with zero attached hydrogens (tertiary/aromatic N) is 6. The van der Waals surface area contributed by atoms with Gasteiger partial charge in [0.1, 0.15) is 23.6 Å². The fraction of sp³-hybridized carbons (Fsp3) is 0.333. The van der Waals surface area contributed by atoms with Crippen LogP contribution >= 0.6 is 0 Å². The van der Waals surface area contributed by atoms with Gasteiger partial charge in [0.05, 0.1) is 30.2 Å². The maximum Gasteiger partial charge on any atom is 0.329 e. The molecule has 2 atom stereocenters. The predicted molar refractivity (Wildman–Crippen MR) is 126 cm³/mol. The summed E-state index contributed by atoms with van der Waals surface area (Å²) >= 11 is 0. The van der Waals surface area contributed by atoms with Gasteiger partial charge in [0.15, 0.2) is 5.82 Å². The second-order valence-electron chi connectivity index (χ2n) is 8.82. The van der Waals surface area contributed by atoms with Crippen LogP contribution in [-0.2, 0) is 0 Å². The number of rotatable bonds is 3. The minimum absolute atomic E-state index is 0.0187. The van der Waals surface area contributed by atoms with Crippen molar-refractivity contribution < 1.29 is 13.6 Å². The van der Waals surface area contributed by atoms with Crippen LogP contribution in [0.3, 0.4) is 0 Å². The number of urea groups is 1. The van der Waals surface area contributed by atoms with Gasteiger partial charge in [0, 0.05) is 31.4 Å². The summed E-state index contributed by atoms with van der Waals surface area (Å²) in [4.78, 5) is 32.4. The molecule has 3 aromatic heterocycles. The summed E-state index contributed by atoms with van der Waals surface area (Å²) in [5.41, 5.74) is 2.45. The Kier molecular flexibility index (Phi) is 5.00. The summed E-state index contributed by atoms with van der Waals surface area (Å²) in [7, 11) is 0. The number of fused-ring (bicyclic) bond motifs is 4. The zero-order chi connectivity index (χ0) is 23.2. The maximum absolute atomic E-state index is 13.7. The first kappa shape index (κ1) is 20.8. The number of hydrogen-bond acceptors (Lipinski definition) is 6. The standard InChI is InChI=1S/C24H23F2N7O/c25-16-1-4-21(28-12-16)30-24(34)33-18-7-10-31(14-18)20-3-2-19(29-23(20)33)15-5-8-27-22(11-15)32-9-6-17(26)13-32/h1-5,8,11-12,17-18H,6-7,9-10,13-14H2,(H,28,30,34)/t17-,18+/m1/s1. The summed E-state index contributed by atoms with van der Waals surface area (Å²) in [6, 6.07) is 10.0. The molecule has 8 nitrogen and oxygen atoms in total. The van der Waals surface area contributed by atoms with E-state index in [1.54, 1.807) is 11.1 Å². The normalized spacial score (nSPS) is 21.1. The van der Waals surface area contributed by atoms with Crippen molar-refractivity contribution in [3.8, 4) is 11.3 Å². The lowest BCUT2D eigenvalue weighted by Gasteiger charge is -2.35. The molecule has 2 bridgehead atoms. The fourth-order valence-electron chi connectivity index (χ4n) is 4.93. The van der Waals surface area contributed by atoms with Crippen molar-refractivity contribution in [2.24, 2.45) is 0 Å². The predicted octanol–water partition coefficient (Wildman–Crippen LogP) is 3.86. The molecule has 0 saturated carbocycles. The Bertz CT molecular complexity index is 1240. The van der Waals surface area contributed by atoms with E-state index in [0.29, 0.717) is 31.0 Å². The van der Waals surface area contributed by atoms with E-state index in [0.717, 1.165) is 42.8 Å². The van der Waals surface area contributed by atoms with Crippen molar-refractivity contribution in [2.75, 3.05) is 46.2 Å². The second kappa shape index (κ2) is 8.19. The Hall–Kier alpha value is -3.82. The zero-order valence-electron chi connectivity index (χ0n) is 18.4. The monoisotopic (exact) mass is 463 g/mol. The first-order valence-corrected chi connectivity index (χ1v) is 11.4. The number of halogens is 2. The lowest BCUT2D eigenvalue weighted by atomic mass is 10.1. The molecule has 6 rings (SSSR count). The molecule has 0 aromatic carbocycles. The van der Waals surface area contributed by atoms with Gasteiger partial charge in [-0.3, -0.25) is 10.2 Å². The molecule has 174 valence electrons. The Balaban J connectivity index is 1.33. The number of carbonyl (C=O) groups excluding carboxylic acids is 1. The van der Waals surface area contributed by atoms with Crippen LogP contribution in [0, 0.1) is 5.82 Å². The van der Waals surface area contributed by atoms with Gasteiger partial charge in [-0.2, -0.15) is 0 Å². The van der Waals surface area contributed by atoms with Crippen molar-refractivity contribution in [3.05, 3.63) is 54.6 Å². The third-order valence-corrected chi connectivity index (χ3v) is 6.63. The van der Waals surface area contributed by atoms with Gasteiger partial charge in [0.2, 0.25) is 0 Å². The average Bonchev–Trinajstić information content (AvgIpc) is 3.48. The third kappa shape index (κ3) is 3.68. The van der Waals surface area contributed by atoms with E-state index in [-0.39, 0.29) is 17.9 Å². The highest BCUT2D eigenvalue weighted by molar-refractivity contribution is 6.04. The van der Waals surface area contributed by atoms with E-state index in [9.17, 15) is 13.6 Å². The summed E-state index contributed by atoms with van der Waals surface area (Å²) in [6.07, 6.45) is 3.27. The maximum atomic E-state index is 13.7. The molecule has 0 radical (unpaired) electrons. The number of anilines is 4. The average molecular weight is 463 g/mol. The van der Waals surface area contributed by atoms with Gasteiger partial charge in [-0.15, -0.1) is 0 Å². The molecular formula is C24H23F2N7O. The van der Waals surface area contributed by atoms with Crippen LogP contribution < -0.4 is 20.0 Å². The molecule has 3 aliphatic rings. The Morgan fingerprint density at radius 1 is 1.03 bits per heavy atom. The van der Waals surface area contributed by atoms with Gasteiger partial charge in [-0.25, -0.2) is 28.5 Å². The van der Waals surface area contributed by atoms with Crippen LogP contribution in [-0.4, -0.2) is 59.4 Å².